The Morgan fingerprint density at radius 1 is 1.08 bits per heavy atom. The van der Waals surface area contributed by atoms with E-state index in [1.807, 2.05) is 24.3 Å². The standard InChI is InChI=1S/C19H15N3O3S/c1-2-14(22-17(24)11-7-3-4-8-12(11)18(22)25)16(23)21-19-20-13-9-5-6-10-15(13)26-19/h3-10,14H,2H2,1H3,(H,20,21,23)/t14-/m1/s1. The summed E-state index contributed by atoms with van der Waals surface area (Å²) >= 11 is 1.35. The Bertz CT molecular complexity index is 975. The molecule has 3 aromatic rings. The second-order valence-corrected chi connectivity index (χ2v) is 6.96. The lowest BCUT2D eigenvalue weighted by atomic mass is 10.1. The van der Waals surface area contributed by atoms with E-state index in [1.54, 1.807) is 31.2 Å². The molecule has 0 fully saturated rings. The summed E-state index contributed by atoms with van der Waals surface area (Å²) < 4.78 is 0.955. The number of nitrogens with zero attached hydrogens (tertiary/aromatic N) is 2. The number of rotatable bonds is 4. The number of fused-ring (bicyclic) bond motifs is 2. The monoisotopic (exact) mass is 365 g/mol. The first-order valence-electron chi connectivity index (χ1n) is 8.23. The van der Waals surface area contributed by atoms with Crippen molar-refractivity contribution < 1.29 is 14.4 Å². The van der Waals surface area contributed by atoms with Crippen LogP contribution in [0.25, 0.3) is 10.2 Å². The third-order valence-corrected chi connectivity index (χ3v) is 5.30. The lowest BCUT2D eigenvalue weighted by Crippen LogP contribution is -2.46. The van der Waals surface area contributed by atoms with Crippen molar-refractivity contribution in [3.8, 4) is 0 Å². The van der Waals surface area contributed by atoms with Gasteiger partial charge in [-0.1, -0.05) is 42.5 Å². The number of hydrogen-bond acceptors (Lipinski definition) is 5. The first-order chi connectivity index (χ1) is 12.6. The van der Waals surface area contributed by atoms with E-state index in [2.05, 4.69) is 10.3 Å². The molecule has 26 heavy (non-hydrogen) atoms. The van der Waals surface area contributed by atoms with Gasteiger partial charge < -0.3 is 5.32 Å². The van der Waals surface area contributed by atoms with Crippen molar-refractivity contribution >= 4 is 44.4 Å². The molecule has 2 aromatic carbocycles. The van der Waals surface area contributed by atoms with E-state index < -0.39 is 23.8 Å². The van der Waals surface area contributed by atoms with E-state index in [1.165, 1.54) is 11.3 Å². The van der Waals surface area contributed by atoms with E-state index in [4.69, 9.17) is 0 Å². The van der Waals surface area contributed by atoms with Crippen LogP contribution in [0.2, 0.25) is 0 Å². The molecular weight excluding hydrogens is 350 g/mol. The fraction of sp³-hybridized carbons (Fsp3) is 0.158. The molecule has 0 saturated heterocycles. The Kier molecular flexibility index (Phi) is 4.00. The summed E-state index contributed by atoms with van der Waals surface area (Å²) in [5, 5.41) is 3.20. The molecule has 1 N–H and O–H groups in total. The normalized spacial score (nSPS) is 14.6. The van der Waals surface area contributed by atoms with Crippen molar-refractivity contribution in [1.29, 1.82) is 0 Å². The SMILES string of the molecule is CC[C@H](C(=O)Nc1nc2ccccc2s1)N1C(=O)c2ccccc2C1=O. The molecule has 1 aliphatic heterocycles. The summed E-state index contributed by atoms with van der Waals surface area (Å²) in [7, 11) is 0. The van der Waals surface area contributed by atoms with Crippen LogP contribution in [0, 0.1) is 0 Å². The molecule has 0 radical (unpaired) electrons. The van der Waals surface area contributed by atoms with E-state index >= 15 is 0 Å². The van der Waals surface area contributed by atoms with Gasteiger partial charge in [-0.05, 0) is 30.7 Å². The minimum absolute atomic E-state index is 0.322. The number of thiazole rings is 1. The first-order valence-corrected chi connectivity index (χ1v) is 9.05. The number of nitrogens with one attached hydrogen (secondary N) is 1. The molecule has 2 heterocycles. The van der Waals surface area contributed by atoms with Crippen LogP contribution in [0.3, 0.4) is 0 Å². The van der Waals surface area contributed by atoms with Gasteiger partial charge >= 0.3 is 0 Å². The predicted octanol–water partition coefficient (Wildman–Crippen LogP) is 3.31. The Hall–Kier alpha value is -3.06. The molecule has 7 heteroatoms. The van der Waals surface area contributed by atoms with Gasteiger partial charge in [-0.25, -0.2) is 4.98 Å². The van der Waals surface area contributed by atoms with Gasteiger partial charge in [0.25, 0.3) is 11.8 Å². The van der Waals surface area contributed by atoms with Crippen LogP contribution in [0.15, 0.2) is 48.5 Å². The number of anilines is 1. The van der Waals surface area contributed by atoms with E-state index in [-0.39, 0.29) is 0 Å². The van der Waals surface area contributed by atoms with Crippen LogP contribution in [0.4, 0.5) is 5.13 Å². The van der Waals surface area contributed by atoms with Crippen LogP contribution in [0.5, 0.6) is 0 Å². The van der Waals surface area contributed by atoms with Gasteiger partial charge in [-0.2, -0.15) is 0 Å². The molecule has 0 spiro atoms. The van der Waals surface area contributed by atoms with Crippen molar-refractivity contribution in [3.63, 3.8) is 0 Å². The molecule has 6 nitrogen and oxygen atoms in total. The number of aromatic nitrogens is 1. The Morgan fingerprint density at radius 2 is 1.69 bits per heavy atom. The number of carbonyl (C=O) groups is 3. The maximum Gasteiger partial charge on any atom is 0.262 e. The minimum Gasteiger partial charge on any atom is -0.300 e. The van der Waals surface area contributed by atoms with Crippen molar-refractivity contribution in [1.82, 2.24) is 9.88 Å². The summed E-state index contributed by atoms with van der Waals surface area (Å²) in [5.41, 5.74) is 1.47. The van der Waals surface area contributed by atoms with Gasteiger partial charge in [0, 0.05) is 0 Å². The largest absolute Gasteiger partial charge is 0.300 e. The smallest absolute Gasteiger partial charge is 0.262 e. The highest BCUT2D eigenvalue weighted by molar-refractivity contribution is 7.22. The quantitative estimate of drug-likeness (QED) is 0.720. The fourth-order valence-corrected chi connectivity index (χ4v) is 3.96. The lowest BCUT2D eigenvalue weighted by molar-refractivity contribution is -0.120. The van der Waals surface area contributed by atoms with E-state index in [9.17, 15) is 14.4 Å². The Balaban J connectivity index is 1.60. The van der Waals surface area contributed by atoms with Gasteiger partial charge in [0.1, 0.15) is 6.04 Å². The maximum atomic E-state index is 12.8. The molecule has 0 bridgehead atoms. The fourth-order valence-electron chi connectivity index (χ4n) is 3.09. The molecule has 0 saturated carbocycles. The van der Waals surface area contributed by atoms with Crippen molar-refractivity contribution in [2.24, 2.45) is 0 Å². The van der Waals surface area contributed by atoms with Gasteiger partial charge in [-0.3, -0.25) is 19.3 Å². The molecular formula is C19H15N3O3S. The molecule has 0 unspecified atom stereocenters. The average Bonchev–Trinajstić information content (AvgIpc) is 3.16. The van der Waals surface area contributed by atoms with Gasteiger partial charge in [-0.15, -0.1) is 0 Å². The number of amides is 3. The average molecular weight is 365 g/mol. The Morgan fingerprint density at radius 3 is 2.31 bits per heavy atom. The summed E-state index contributed by atoms with van der Waals surface area (Å²) in [6, 6.07) is 13.3. The second-order valence-electron chi connectivity index (χ2n) is 5.93. The maximum absolute atomic E-state index is 12.8. The van der Waals surface area contributed by atoms with Gasteiger partial charge in [0.2, 0.25) is 5.91 Å². The molecule has 3 amide bonds. The van der Waals surface area contributed by atoms with E-state index in [0.717, 1.165) is 15.1 Å². The lowest BCUT2D eigenvalue weighted by Gasteiger charge is -2.23. The van der Waals surface area contributed by atoms with Crippen LogP contribution in [-0.2, 0) is 4.79 Å². The van der Waals surface area contributed by atoms with Crippen LogP contribution >= 0.6 is 11.3 Å². The highest BCUT2D eigenvalue weighted by Crippen LogP contribution is 2.28. The highest BCUT2D eigenvalue weighted by Gasteiger charge is 2.41. The molecule has 1 atom stereocenters. The van der Waals surface area contributed by atoms with Crippen LogP contribution in [0.1, 0.15) is 34.1 Å². The predicted molar refractivity (Wildman–Crippen MR) is 99.3 cm³/mol. The molecule has 1 aromatic heterocycles. The molecule has 1 aliphatic rings. The Labute approximate surface area is 153 Å². The highest BCUT2D eigenvalue weighted by atomic mass is 32.1. The number of hydrogen-bond donors (Lipinski definition) is 1. The first kappa shape index (κ1) is 16.4. The molecule has 130 valence electrons. The number of benzene rings is 2. The summed E-state index contributed by atoms with van der Waals surface area (Å²) in [5.74, 6) is -1.28. The minimum atomic E-state index is -0.880. The number of imide groups is 1. The van der Waals surface area contributed by atoms with Crippen LogP contribution < -0.4 is 5.32 Å². The third kappa shape index (κ3) is 2.57. The number of carbonyl (C=O) groups excluding carboxylic acids is 3. The van der Waals surface area contributed by atoms with Crippen molar-refractivity contribution in [3.05, 3.63) is 59.7 Å². The van der Waals surface area contributed by atoms with Crippen molar-refractivity contribution in [2.75, 3.05) is 5.32 Å². The number of para-hydroxylation sites is 1. The molecule has 0 aliphatic carbocycles. The van der Waals surface area contributed by atoms with Crippen molar-refractivity contribution in [2.45, 2.75) is 19.4 Å². The van der Waals surface area contributed by atoms with E-state index in [0.29, 0.717) is 22.7 Å². The summed E-state index contributed by atoms with van der Waals surface area (Å²) in [4.78, 5) is 43.4. The zero-order valence-corrected chi connectivity index (χ0v) is 14.7. The van der Waals surface area contributed by atoms with Crippen LogP contribution in [-0.4, -0.2) is 33.6 Å². The third-order valence-electron chi connectivity index (χ3n) is 4.35. The summed E-state index contributed by atoms with van der Waals surface area (Å²) in [6.07, 6.45) is 0.322. The topological polar surface area (TPSA) is 79.4 Å². The molecule has 4 rings (SSSR count). The van der Waals surface area contributed by atoms with Gasteiger partial charge in [0.15, 0.2) is 5.13 Å². The van der Waals surface area contributed by atoms with Gasteiger partial charge in [0.05, 0.1) is 21.3 Å². The zero-order chi connectivity index (χ0) is 18.3. The summed E-state index contributed by atoms with van der Waals surface area (Å²) in [6.45, 7) is 1.77. The second kappa shape index (κ2) is 6.34. The zero-order valence-electron chi connectivity index (χ0n) is 13.9.